The SMILES string of the molecule is Cc1ccc(C)c(CSC(C)C(=O)Nc2ccccc2C)c1. The van der Waals surface area contributed by atoms with Crippen LogP contribution in [0.3, 0.4) is 0 Å². The van der Waals surface area contributed by atoms with Crippen molar-refractivity contribution in [2.24, 2.45) is 0 Å². The topological polar surface area (TPSA) is 29.1 Å². The van der Waals surface area contributed by atoms with Crippen molar-refractivity contribution in [1.82, 2.24) is 0 Å². The van der Waals surface area contributed by atoms with E-state index in [1.54, 1.807) is 11.8 Å². The molecule has 0 fully saturated rings. The molecule has 2 rings (SSSR count). The molecule has 0 aliphatic heterocycles. The van der Waals surface area contributed by atoms with Gasteiger partial charge in [0, 0.05) is 11.4 Å². The number of anilines is 1. The van der Waals surface area contributed by atoms with E-state index in [9.17, 15) is 4.79 Å². The third-order valence-corrected chi connectivity index (χ3v) is 4.96. The highest BCUT2D eigenvalue weighted by molar-refractivity contribution is 7.99. The van der Waals surface area contributed by atoms with Crippen molar-refractivity contribution < 1.29 is 4.79 Å². The summed E-state index contributed by atoms with van der Waals surface area (Å²) in [5.74, 6) is 0.917. The van der Waals surface area contributed by atoms with Crippen LogP contribution in [-0.2, 0) is 10.5 Å². The van der Waals surface area contributed by atoms with Crippen LogP contribution in [0.25, 0.3) is 0 Å². The molecular formula is C19H23NOS. The molecule has 0 aliphatic carbocycles. The van der Waals surface area contributed by atoms with Crippen LogP contribution in [0.15, 0.2) is 42.5 Å². The molecule has 0 spiro atoms. The second kappa shape index (κ2) is 7.50. The minimum absolute atomic E-state index is 0.0598. The molecule has 0 bridgehead atoms. The predicted octanol–water partition coefficient (Wildman–Crippen LogP) is 4.87. The summed E-state index contributed by atoms with van der Waals surface area (Å²) in [6, 6.07) is 14.3. The number of nitrogens with one attached hydrogen (secondary N) is 1. The maximum atomic E-state index is 12.3. The summed E-state index contributed by atoms with van der Waals surface area (Å²) >= 11 is 1.67. The number of hydrogen-bond donors (Lipinski definition) is 1. The van der Waals surface area contributed by atoms with Gasteiger partial charge in [-0.05, 0) is 50.5 Å². The highest BCUT2D eigenvalue weighted by atomic mass is 32.2. The first kappa shape index (κ1) is 16.6. The van der Waals surface area contributed by atoms with E-state index in [4.69, 9.17) is 0 Å². The number of aryl methyl sites for hydroxylation is 3. The Morgan fingerprint density at radius 1 is 1.09 bits per heavy atom. The van der Waals surface area contributed by atoms with Crippen LogP contribution in [0.2, 0.25) is 0 Å². The molecule has 0 aliphatic rings. The summed E-state index contributed by atoms with van der Waals surface area (Å²) in [6.07, 6.45) is 0. The van der Waals surface area contributed by atoms with Crippen LogP contribution >= 0.6 is 11.8 Å². The Balaban J connectivity index is 1.94. The lowest BCUT2D eigenvalue weighted by atomic mass is 10.1. The smallest absolute Gasteiger partial charge is 0.237 e. The molecule has 2 aromatic rings. The average molecular weight is 313 g/mol. The van der Waals surface area contributed by atoms with E-state index < -0.39 is 0 Å². The molecule has 1 atom stereocenters. The van der Waals surface area contributed by atoms with Crippen LogP contribution < -0.4 is 5.32 Å². The van der Waals surface area contributed by atoms with Gasteiger partial charge in [0.2, 0.25) is 5.91 Å². The van der Waals surface area contributed by atoms with Gasteiger partial charge in [0.25, 0.3) is 0 Å². The standard InChI is InChI=1S/C19H23NOS/c1-13-9-10-14(2)17(11-13)12-22-16(4)19(21)20-18-8-6-5-7-15(18)3/h5-11,16H,12H2,1-4H3,(H,20,21). The van der Waals surface area contributed by atoms with Gasteiger partial charge in [-0.15, -0.1) is 11.8 Å². The lowest BCUT2D eigenvalue weighted by molar-refractivity contribution is -0.115. The van der Waals surface area contributed by atoms with Gasteiger partial charge >= 0.3 is 0 Å². The van der Waals surface area contributed by atoms with Crippen molar-refractivity contribution in [3.63, 3.8) is 0 Å². The van der Waals surface area contributed by atoms with Crippen LogP contribution in [0.4, 0.5) is 5.69 Å². The number of amides is 1. The predicted molar refractivity (Wildman–Crippen MR) is 96.5 cm³/mol. The van der Waals surface area contributed by atoms with Crippen molar-refractivity contribution in [1.29, 1.82) is 0 Å². The first-order chi connectivity index (χ1) is 10.5. The van der Waals surface area contributed by atoms with Crippen molar-refractivity contribution in [3.05, 3.63) is 64.7 Å². The van der Waals surface area contributed by atoms with Gasteiger partial charge in [0.1, 0.15) is 0 Å². The summed E-state index contributed by atoms with van der Waals surface area (Å²) in [7, 11) is 0. The summed E-state index contributed by atoms with van der Waals surface area (Å²) in [6.45, 7) is 8.18. The van der Waals surface area contributed by atoms with Crippen LogP contribution in [0, 0.1) is 20.8 Å². The molecule has 0 radical (unpaired) electrons. The van der Waals surface area contributed by atoms with E-state index >= 15 is 0 Å². The third-order valence-electron chi connectivity index (χ3n) is 3.77. The Morgan fingerprint density at radius 2 is 1.82 bits per heavy atom. The fourth-order valence-electron chi connectivity index (χ4n) is 2.19. The van der Waals surface area contributed by atoms with Gasteiger partial charge in [-0.3, -0.25) is 4.79 Å². The quantitative estimate of drug-likeness (QED) is 0.853. The minimum atomic E-state index is -0.0838. The zero-order valence-electron chi connectivity index (χ0n) is 13.6. The fourth-order valence-corrected chi connectivity index (χ4v) is 3.14. The zero-order chi connectivity index (χ0) is 16.1. The maximum absolute atomic E-state index is 12.3. The van der Waals surface area contributed by atoms with Gasteiger partial charge in [0.05, 0.1) is 5.25 Å². The van der Waals surface area contributed by atoms with Crippen molar-refractivity contribution in [3.8, 4) is 0 Å². The number of carbonyl (C=O) groups excluding carboxylic acids is 1. The third kappa shape index (κ3) is 4.38. The summed E-state index contributed by atoms with van der Waals surface area (Å²) < 4.78 is 0. The molecule has 22 heavy (non-hydrogen) atoms. The normalized spacial score (nSPS) is 12.0. The van der Waals surface area contributed by atoms with Gasteiger partial charge in [-0.25, -0.2) is 0 Å². The molecule has 1 N–H and O–H groups in total. The zero-order valence-corrected chi connectivity index (χ0v) is 14.5. The monoisotopic (exact) mass is 313 g/mol. The molecule has 116 valence electrons. The molecule has 0 saturated heterocycles. The Labute approximate surface area is 137 Å². The Morgan fingerprint density at radius 3 is 2.55 bits per heavy atom. The largest absolute Gasteiger partial charge is 0.325 e. The number of para-hydroxylation sites is 1. The number of benzene rings is 2. The molecule has 3 heteroatoms. The molecule has 2 nitrogen and oxygen atoms in total. The van der Waals surface area contributed by atoms with E-state index in [1.165, 1.54) is 16.7 Å². The fraction of sp³-hybridized carbons (Fsp3) is 0.316. The van der Waals surface area contributed by atoms with Crippen LogP contribution in [0.5, 0.6) is 0 Å². The molecule has 0 aromatic heterocycles. The Bertz CT molecular complexity index is 666. The summed E-state index contributed by atoms with van der Waals surface area (Å²) in [5, 5.41) is 2.93. The molecule has 0 saturated carbocycles. The Kier molecular flexibility index (Phi) is 5.67. The number of hydrogen-bond acceptors (Lipinski definition) is 2. The highest BCUT2D eigenvalue weighted by Crippen LogP contribution is 2.23. The first-order valence-electron chi connectivity index (χ1n) is 7.51. The molecule has 1 amide bonds. The summed E-state index contributed by atoms with van der Waals surface area (Å²) in [4.78, 5) is 12.3. The highest BCUT2D eigenvalue weighted by Gasteiger charge is 2.14. The van der Waals surface area contributed by atoms with Crippen LogP contribution in [0.1, 0.15) is 29.2 Å². The molecule has 0 heterocycles. The lowest BCUT2D eigenvalue weighted by Crippen LogP contribution is -2.23. The van der Waals surface area contributed by atoms with Crippen LogP contribution in [-0.4, -0.2) is 11.2 Å². The molecule has 1 unspecified atom stereocenters. The summed E-state index contributed by atoms with van der Waals surface area (Å²) in [5.41, 5.74) is 5.83. The molecular weight excluding hydrogens is 290 g/mol. The second-order valence-corrected chi connectivity index (χ2v) is 7.02. The second-order valence-electron chi connectivity index (χ2n) is 5.69. The van der Waals surface area contributed by atoms with E-state index in [0.29, 0.717) is 0 Å². The Hall–Kier alpha value is -1.74. The minimum Gasteiger partial charge on any atom is -0.325 e. The van der Waals surface area contributed by atoms with E-state index in [0.717, 1.165) is 17.0 Å². The lowest BCUT2D eigenvalue weighted by Gasteiger charge is -2.14. The number of carbonyl (C=O) groups is 1. The van der Waals surface area contributed by atoms with Crippen molar-refractivity contribution in [2.75, 3.05) is 5.32 Å². The van der Waals surface area contributed by atoms with E-state index in [1.807, 2.05) is 38.1 Å². The average Bonchev–Trinajstić information content (AvgIpc) is 2.50. The molecule has 2 aromatic carbocycles. The van der Waals surface area contributed by atoms with Gasteiger partial charge in [-0.2, -0.15) is 0 Å². The maximum Gasteiger partial charge on any atom is 0.237 e. The number of thioether (sulfide) groups is 1. The number of rotatable bonds is 5. The first-order valence-corrected chi connectivity index (χ1v) is 8.56. The van der Waals surface area contributed by atoms with Gasteiger partial charge < -0.3 is 5.32 Å². The van der Waals surface area contributed by atoms with Gasteiger partial charge in [0.15, 0.2) is 0 Å². The van der Waals surface area contributed by atoms with E-state index in [2.05, 4.69) is 37.4 Å². The van der Waals surface area contributed by atoms with Crippen molar-refractivity contribution >= 4 is 23.4 Å². The van der Waals surface area contributed by atoms with Gasteiger partial charge in [-0.1, -0.05) is 42.0 Å². The van der Waals surface area contributed by atoms with E-state index in [-0.39, 0.29) is 11.2 Å². The van der Waals surface area contributed by atoms with Crippen molar-refractivity contribution in [2.45, 2.75) is 38.7 Å².